The van der Waals surface area contributed by atoms with Gasteiger partial charge in [0, 0.05) is 16.1 Å². The average Bonchev–Trinajstić information content (AvgIpc) is 2.38. The van der Waals surface area contributed by atoms with Crippen molar-refractivity contribution in [3.63, 3.8) is 0 Å². The van der Waals surface area contributed by atoms with E-state index in [0.29, 0.717) is 16.1 Å². The molecule has 0 aliphatic heterocycles. The Bertz CT molecular complexity index is 702. The molecule has 0 saturated carbocycles. The highest BCUT2D eigenvalue weighted by molar-refractivity contribution is 6.33. The third-order valence-corrected chi connectivity index (χ3v) is 2.95. The first-order valence-electron chi connectivity index (χ1n) is 5.24. The minimum absolute atomic E-state index is 0.0195. The molecule has 0 saturated heterocycles. The molecule has 0 radical (unpaired) electrons. The fraction of sp³-hybridized carbons (Fsp3) is 0. The highest BCUT2D eigenvalue weighted by Crippen LogP contribution is 2.36. The fourth-order valence-corrected chi connectivity index (χ4v) is 2.01. The predicted octanol–water partition coefficient (Wildman–Crippen LogP) is 2.31. The van der Waals surface area contributed by atoms with Gasteiger partial charge in [-0.3, -0.25) is 0 Å². The number of nitrogen functional groups attached to an aromatic ring is 2. The lowest BCUT2D eigenvalue weighted by atomic mass is 9.96. The number of pyridine rings is 1. The lowest BCUT2D eigenvalue weighted by Gasteiger charge is -2.11. The molecule has 6 heteroatoms. The van der Waals surface area contributed by atoms with E-state index in [1.54, 1.807) is 24.3 Å². The summed E-state index contributed by atoms with van der Waals surface area (Å²) in [6.07, 6.45) is 0. The lowest BCUT2D eigenvalue weighted by molar-refractivity contribution is 1.29. The van der Waals surface area contributed by atoms with Crippen LogP contribution in [0.1, 0.15) is 11.1 Å². The van der Waals surface area contributed by atoms with E-state index < -0.39 is 0 Å². The third kappa shape index (κ3) is 2.03. The van der Waals surface area contributed by atoms with Crippen LogP contribution in [0, 0.1) is 22.7 Å². The van der Waals surface area contributed by atoms with E-state index in [4.69, 9.17) is 23.1 Å². The standard InChI is InChI=1S/C13H8ClN5/c14-10-4-2-1-3-7(10)11-8(5-15)12(17)19-13(18)9(11)6-16/h1-4H,(H4,17,18,19). The van der Waals surface area contributed by atoms with Crippen LogP contribution in [0.4, 0.5) is 11.6 Å². The fourth-order valence-electron chi connectivity index (χ4n) is 1.78. The molecule has 0 aliphatic rings. The van der Waals surface area contributed by atoms with Crippen molar-refractivity contribution in [1.82, 2.24) is 4.98 Å². The second-order valence-electron chi connectivity index (χ2n) is 3.71. The second-order valence-corrected chi connectivity index (χ2v) is 4.12. The molecule has 92 valence electrons. The Balaban J connectivity index is 2.94. The number of hydrogen-bond donors (Lipinski definition) is 2. The number of nitrogens with two attached hydrogens (primary N) is 2. The maximum Gasteiger partial charge on any atom is 0.144 e. The van der Waals surface area contributed by atoms with E-state index in [-0.39, 0.29) is 22.8 Å². The Morgan fingerprint density at radius 1 is 1.00 bits per heavy atom. The summed E-state index contributed by atoms with van der Waals surface area (Å²) in [5.41, 5.74) is 12.4. The van der Waals surface area contributed by atoms with Gasteiger partial charge in [0.05, 0.1) is 0 Å². The predicted molar refractivity (Wildman–Crippen MR) is 72.9 cm³/mol. The molecule has 4 N–H and O–H groups in total. The molecule has 0 aliphatic carbocycles. The van der Waals surface area contributed by atoms with Crippen LogP contribution in [0.2, 0.25) is 5.02 Å². The van der Waals surface area contributed by atoms with Crippen molar-refractivity contribution in [2.24, 2.45) is 0 Å². The summed E-state index contributed by atoms with van der Waals surface area (Å²) < 4.78 is 0. The molecule has 0 amide bonds. The van der Waals surface area contributed by atoms with Gasteiger partial charge in [0.15, 0.2) is 0 Å². The minimum atomic E-state index is -0.0195. The van der Waals surface area contributed by atoms with Crippen LogP contribution in [0.25, 0.3) is 11.1 Å². The average molecular weight is 270 g/mol. The van der Waals surface area contributed by atoms with Gasteiger partial charge in [-0.25, -0.2) is 4.98 Å². The van der Waals surface area contributed by atoms with Crippen molar-refractivity contribution in [2.45, 2.75) is 0 Å². The molecule has 1 aromatic carbocycles. The maximum absolute atomic E-state index is 9.20. The van der Waals surface area contributed by atoms with Crippen molar-refractivity contribution in [3.05, 3.63) is 40.4 Å². The van der Waals surface area contributed by atoms with Crippen LogP contribution in [-0.4, -0.2) is 4.98 Å². The molecule has 0 fully saturated rings. The molecule has 0 bridgehead atoms. The first kappa shape index (κ1) is 12.7. The van der Waals surface area contributed by atoms with Crippen molar-refractivity contribution in [3.8, 4) is 23.3 Å². The number of hydrogen-bond acceptors (Lipinski definition) is 5. The van der Waals surface area contributed by atoms with E-state index >= 15 is 0 Å². The van der Waals surface area contributed by atoms with Crippen LogP contribution >= 0.6 is 11.6 Å². The molecule has 0 spiro atoms. The molecule has 0 atom stereocenters. The van der Waals surface area contributed by atoms with Crippen LogP contribution < -0.4 is 11.5 Å². The third-order valence-electron chi connectivity index (χ3n) is 2.62. The Kier molecular flexibility index (Phi) is 3.24. The van der Waals surface area contributed by atoms with Gasteiger partial charge in [-0.2, -0.15) is 10.5 Å². The van der Waals surface area contributed by atoms with E-state index in [2.05, 4.69) is 4.98 Å². The molecule has 5 nitrogen and oxygen atoms in total. The van der Waals surface area contributed by atoms with Gasteiger partial charge in [0.1, 0.15) is 34.9 Å². The van der Waals surface area contributed by atoms with Crippen LogP contribution in [0.15, 0.2) is 24.3 Å². The van der Waals surface area contributed by atoms with Crippen LogP contribution in [-0.2, 0) is 0 Å². The van der Waals surface area contributed by atoms with E-state index in [0.717, 1.165) is 0 Å². The summed E-state index contributed by atoms with van der Waals surface area (Å²) in [6.45, 7) is 0. The smallest absolute Gasteiger partial charge is 0.144 e. The largest absolute Gasteiger partial charge is 0.383 e. The number of anilines is 2. The molecule has 19 heavy (non-hydrogen) atoms. The van der Waals surface area contributed by atoms with Gasteiger partial charge in [-0.05, 0) is 6.07 Å². The summed E-state index contributed by atoms with van der Waals surface area (Å²) in [4.78, 5) is 3.80. The second kappa shape index (κ2) is 4.85. The number of nitriles is 2. The number of benzene rings is 1. The SMILES string of the molecule is N#Cc1c(N)nc(N)c(C#N)c1-c1ccccc1Cl. The van der Waals surface area contributed by atoms with E-state index in [9.17, 15) is 10.5 Å². The van der Waals surface area contributed by atoms with Gasteiger partial charge < -0.3 is 11.5 Å². The van der Waals surface area contributed by atoms with Crippen LogP contribution in [0.3, 0.4) is 0 Å². The van der Waals surface area contributed by atoms with Gasteiger partial charge >= 0.3 is 0 Å². The van der Waals surface area contributed by atoms with Crippen molar-refractivity contribution >= 4 is 23.2 Å². The molecule has 2 rings (SSSR count). The zero-order valence-corrected chi connectivity index (χ0v) is 10.4. The Morgan fingerprint density at radius 3 is 2.00 bits per heavy atom. The monoisotopic (exact) mass is 269 g/mol. The molecular weight excluding hydrogens is 262 g/mol. The Hall–Kier alpha value is -2.76. The summed E-state index contributed by atoms with van der Waals surface area (Å²) >= 11 is 6.10. The normalized spacial score (nSPS) is 9.63. The Morgan fingerprint density at radius 2 is 1.53 bits per heavy atom. The van der Waals surface area contributed by atoms with Gasteiger partial charge in [-0.1, -0.05) is 29.8 Å². The zero-order chi connectivity index (χ0) is 14.0. The number of rotatable bonds is 1. The summed E-state index contributed by atoms with van der Waals surface area (Å²) in [6, 6.07) is 10.7. The van der Waals surface area contributed by atoms with Gasteiger partial charge in [-0.15, -0.1) is 0 Å². The summed E-state index contributed by atoms with van der Waals surface area (Å²) in [5.74, 6) is -0.0390. The van der Waals surface area contributed by atoms with Crippen LogP contribution in [0.5, 0.6) is 0 Å². The molecule has 2 aromatic rings. The van der Waals surface area contributed by atoms with Crippen molar-refractivity contribution in [1.29, 1.82) is 10.5 Å². The zero-order valence-electron chi connectivity index (χ0n) is 9.68. The number of aromatic nitrogens is 1. The lowest BCUT2D eigenvalue weighted by Crippen LogP contribution is -2.05. The van der Waals surface area contributed by atoms with Crippen molar-refractivity contribution < 1.29 is 0 Å². The highest BCUT2D eigenvalue weighted by Gasteiger charge is 2.20. The molecular formula is C13H8ClN5. The summed E-state index contributed by atoms with van der Waals surface area (Å²) in [5, 5.41) is 18.8. The topological polar surface area (TPSA) is 113 Å². The van der Waals surface area contributed by atoms with E-state index in [1.165, 1.54) is 0 Å². The minimum Gasteiger partial charge on any atom is -0.383 e. The maximum atomic E-state index is 9.20. The van der Waals surface area contributed by atoms with Gasteiger partial charge in [0.2, 0.25) is 0 Å². The first-order chi connectivity index (χ1) is 9.10. The van der Waals surface area contributed by atoms with E-state index in [1.807, 2.05) is 12.1 Å². The molecule has 0 unspecified atom stereocenters. The summed E-state index contributed by atoms with van der Waals surface area (Å²) in [7, 11) is 0. The molecule has 1 aromatic heterocycles. The van der Waals surface area contributed by atoms with Crippen molar-refractivity contribution in [2.75, 3.05) is 11.5 Å². The highest BCUT2D eigenvalue weighted by atomic mass is 35.5. The number of halogens is 1. The molecule has 1 heterocycles. The quantitative estimate of drug-likeness (QED) is 0.825. The first-order valence-corrected chi connectivity index (χ1v) is 5.62. The Labute approximate surface area is 114 Å². The van der Waals surface area contributed by atoms with Gasteiger partial charge in [0.25, 0.3) is 0 Å². The number of nitrogens with zero attached hydrogens (tertiary/aromatic N) is 3.